The molecule has 9 nitrogen and oxygen atoms in total. The Kier molecular flexibility index (Phi) is 6.40. The number of fused-ring (bicyclic) bond motifs is 1. The minimum atomic E-state index is -0.606. The molecule has 2 aromatic heterocycles. The van der Waals surface area contributed by atoms with Crippen molar-refractivity contribution in [3.63, 3.8) is 0 Å². The van der Waals surface area contributed by atoms with Crippen LogP contribution in [-0.4, -0.2) is 44.4 Å². The van der Waals surface area contributed by atoms with E-state index in [1.807, 2.05) is 37.3 Å². The number of benzene rings is 2. The number of amides is 1. The maximum absolute atomic E-state index is 12.6. The number of alkyl carbamates (subject to hydrolysis) is 1. The summed E-state index contributed by atoms with van der Waals surface area (Å²) in [4.78, 5) is 34.9. The standard InChI is InChI=1S/C26H25N5O4/c1-18-20(10-5-11-21(18)19-8-3-2-4-9-19)17-34-26(33)29-24-13-7-15-31(24)35-25(32)22-16-30-23(28-22)12-6-14-27-30/h2-6,8-12,14,16,24H,7,13,15,17H2,1H3,(H,29,33). The Morgan fingerprint density at radius 3 is 2.77 bits per heavy atom. The zero-order chi connectivity index (χ0) is 24.2. The number of nitrogens with one attached hydrogen (secondary N) is 1. The molecular formula is C26H25N5O4. The molecule has 1 atom stereocenters. The van der Waals surface area contributed by atoms with Crippen LogP contribution in [0.25, 0.3) is 16.8 Å². The fourth-order valence-electron chi connectivity index (χ4n) is 4.17. The van der Waals surface area contributed by atoms with Gasteiger partial charge < -0.3 is 14.9 Å². The topological polar surface area (TPSA) is 98.1 Å². The first kappa shape index (κ1) is 22.5. The monoisotopic (exact) mass is 471 g/mol. The van der Waals surface area contributed by atoms with Crippen LogP contribution in [-0.2, 0) is 16.2 Å². The predicted octanol–water partition coefficient (Wildman–Crippen LogP) is 4.12. The Bertz CT molecular complexity index is 1320. The molecule has 0 bridgehead atoms. The van der Waals surface area contributed by atoms with Crippen molar-refractivity contribution >= 4 is 17.7 Å². The van der Waals surface area contributed by atoms with Crippen molar-refractivity contribution in [2.24, 2.45) is 0 Å². The van der Waals surface area contributed by atoms with Crippen LogP contribution < -0.4 is 5.32 Å². The fourth-order valence-corrected chi connectivity index (χ4v) is 4.17. The lowest BCUT2D eigenvalue weighted by molar-refractivity contribution is -0.124. The van der Waals surface area contributed by atoms with E-state index in [9.17, 15) is 9.59 Å². The Morgan fingerprint density at radius 2 is 1.94 bits per heavy atom. The zero-order valence-electron chi connectivity index (χ0n) is 19.3. The highest BCUT2D eigenvalue weighted by molar-refractivity contribution is 5.87. The van der Waals surface area contributed by atoms with Gasteiger partial charge in [0.1, 0.15) is 12.8 Å². The van der Waals surface area contributed by atoms with Crippen molar-refractivity contribution < 1.29 is 19.2 Å². The SMILES string of the molecule is Cc1c(COC(=O)NC2CCCN2OC(=O)c2cn3ncccc3n2)cccc1-c1ccccc1. The van der Waals surface area contributed by atoms with Crippen molar-refractivity contribution in [1.82, 2.24) is 25.0 Å². The summed E-state index contributed by atoms with van der Waals surface area (Å²) in [6.07, 6.45) is 3.48. The molecule has 9 heteroatoms. The third kappa shape index (κ3) is 4.99. The van der Waals surface area contributed by atoms with Crippen LogP contribution >= 0.6 is 0 Å². The summed E-state index contributed by atoms with van der Waals surface area (Å²) >= 11 is 0. The highest BCUT2D eigenvalue weighted by Gasteiger charge is 2.31. The molecule has 5 rings (SSSR count). The van der Waals surface area contributed by atoms with Gasteiger partial charge in [0.15, 0.2) is 11.3 Å². The molecule has 1 amide bonds. The largest absolute Gasteiger partial charge is 0.445 e. The van der Waals surface area contributed by atoms with Crippen molar-refractivity contribution in [1.29, 1.82) is 0 Å². The molecule has 1 aliphatic heterocycles. The molecule has 35 heavy (non-hydrogen) atoms. The van der Waals surface area contributed by atoms with E-state index >= 15 is 0 Å². The third-order valence-electron chi connectivity index (χ3n) is 6.02. The van der Waals surface area contributed by atoms with Gasteiger partial charge in [0.2, 0.25) is 0 Å². The van der Waals surface area contributed by atoms with Crippen LogP contribution in [0.2, 0.25) is 0 Å². The number of ether oxygens (including phenoxy) is 1. The van der Waals surface area contributed by atoms with Crippen molar-refractivity contribution in [3.05, 3.63) is 89.9 Å². The normalized spacial score (nSPS) is 15.7. The first-order valence-corrected chi connectivity index (χ1v) is 11.4. The van der Waals surface area contributed by atoms with Gasteiger partial charge in [0.05, 0.1) is 6.20 Å². The number of aromatic nitrogens is 3. The molecule has 1 N–H and O–H groups in total. The summed E-state index contributed by atoms with van der Waals surface area (Å²) in [5.74, 6) is -0.606. The first-order chi connectivity index (χ1) is 17.1. The highest BCUT2D eigenvalue weighted by Crippen LogP contribution is 2.26. The number of nitrogens with zero attached hydrogens (tertiary/aromatic N) is 4. The van der Waals surface area contributed by atoms with Crippen molar-refractivity contribution in [3.8, 4) is 11.1 Å². The summed E-state index contributed by atoms with van der Waals surface area (Å²) in [5.41, 5.74) is 4.89. The molecule has 1 aliphatic rings. The van der Waals surface area contributed by atoms with E-state index in [2.05, 4.69) is 33.6 Å². The summed E-state index contributed by atoms with van der Waals surface area (Å²) in [6.45, 7) is 2.66. The Morgan fingerprint density at radius 1 is 1.09 bits per heavy atom. The number of carbonyl (C=O) groups is 2. The van der Waals surface area contributed by atoms with E-state index in [4.69, 9.17) is 9.57 Å². The number of hydrogen-bond acceptors (Lipinski definition) is 7. The molecule has 0 saturated carbocycles. The smallest absolute Gasteiger partial charge is 0.408 e. The first-order valence-electron chi connectivity index (χ1n) is 11.4. The molecule has 1 fully saturated rings. The van der Waals surface area contributed by atoms with Gasteiger partial charge in [-0.25, -0.2) is 19.1 Å². The van der Waals surface area contributed by atoms with E-state index in [0.29, 0.717) is 18.6 Å². The number of hydroxylamine groups is 2. The van der Waals surface area contributed by atoms with Crippen LogP contribution in [0.5, 0.6) is 0 Å². The molecule has 2 aromatic carbocycles. The molecule has 0 radical (unpaired) electrons. The lowest BCUT2D eigenvalue weighted by Gasteiger charge is -2.23. The zero-order valence-corrected chi connectivity index (χ0v) is 19.3. The highest BCUT2D eigenvalue weighted by atomic mass is 16.7. The van der Waals surface area contributed by atoms with Gasteiger partial charge in [-0.05, 0) is 54.2 Å². The summed E-state index contributed by atoms with van der Waals surface area (Å²) in [6, 6.07) is 19.5. The molecule has 4 aromatic rings. The van der Waals surface area contributed by atoms with E-state index < -0.39 is 18.2 Å². The lowest BCUT2D eigenvalue weighted by Crippen LogP contribution is -2.45. The maximum atomic E-state index is 12.6. The van der Waals surface area contributed by atoms with Crippen molar-refractivity contribution in [2.45, 2.75) is 32.5 Å². The fraction of sp³-hybridized carbons (Fsp3) is 0.231. The number of hydrogen-bond donors (Lipinski definition) is 1. The van der Waals surface area contributed by atoms with Gasteiger partial charge in [-0.15, -0.1) is 5.06 Å². The second kappa shape index (κ2) is 9.94. The van der Waals surface area contributed by atoms with Gasteiger partial charge >= 0.3 is 12.1 Å². The van der Waals surface area contributed by atoms with E-state index in [0.717, 1.165) is 28.7 Å². The van der Waals surface area contributed by atoms with Crippen LogP contribution in [0.15, 0.2) is 73.1 Å². The number of imidazole rings is 1. The molecular weight excluding hydrogens is 446 g/mol. The average molecular weight is 472 g/mol. The second-order valence-corrected chi connectivity index (χ2v) is 8.31. The quantitative estimate of drug-likeness (QED) is 0.452. The minimum absolute atomic E-state index is 0.138. The minimum Gasteiger partial charge on any atom is -0.445 e. The molecule has 0 spiro atoms. The molecule has 3 heterocycles. The number of rotatable bonds is 6. The average Bonchev–Trinajstić information content (AvgIpc) is 3.51. The molecule has 1 saturated heterocycles. The van der Waals surface area contributed by atoms with E-state index in [-0.39, 0.29) is 12.3 Å². The van der Waals surface area contributed by atoms with Crippen LogP contribution in [0.3, 0.4) is 0 Å². The van der Waals surface area contributed by atoms with Gasteiger partial charge in [-0.1, -0.05) is 48.5 Å². The lowest BCUT2D eigenvalue weighted by atomic mass is 9.97. The maximum Gasteiger partial charge on any atom is 0.408 e. The van der Waals surface area contributed by atoms with Crippen molar-refractivity contribution in [2.75, 3.05) is 6.54 Å². The third-order valence-corrected chi connectivity index (χ3v) is 6.02. The van der Waals surface area contributed by atoms with Gasteiger partial charge in [0.25, 0.3) is 0 Å². The van der Waals surface area contributed by atoms with Crippen LogP contribution in [0.1, 0.15) is 34.5 Å². The van der Waals surface area contributed by atoms with Crippen LogP contribution in [0.4, 0.5) is 4.79 Å². The molecule has 178 valence electrons. The Labute approximate surface area is 202 Å². The van der Waals surface area contributed by atoms with E-state index in [1.54, 1.807) is 18.3 Å². The predicted molar refractivity (Wildman–Crippen MR) is 128 cm³/mol. The Hall–Kier alpha value is -4.24. The van der Waals surface area contributed by atoms with Crippen LogP contribution in [0, 0.1) is 6.92 Å². The number of carbonyl (C=O) groups excluding carboxylic acids is 2. The van der Waals surface area contributed by atoms with Gasteiger partial charge in [-0.2, -0.15) is 5.10 Å². The summed E-state index contributed by atoms with van der Waals surface area (Å²) in [7, 11) is 0. The second-order valence-electron chi connectivity index (χ2n) is 8.31. The van der Waals surface area contributed by atoms with E-state index in [1.165, 1.54) is 15.8 Å². The molecule has 1 unspecified atom stereocenters. The Balaban J connectivity index is 1.18. The van der Waals surface area contributed by atoms with Gasteiger partial charge in [-0.3, -0.25) is 0 Å². The summed E-state index contributed by atoms with van der Waals surface area (Å²) < 4.78 is 7.00. The van der Waals surface area contributed by atoms with Gasteiger partial charge in [0, 0.05) is 12.7 Å². The molecule has 0 aliphatic carbocycles. The summed E-state index contributed by atoms with van der Waals surface area (Å²) in [5, 5.41) is 8.36.